The first-order valence-electron chi connectivity index (χ1n) is 20.1. The van der Waals surface area contributed by atoms with Gasteiger partial charge in [-0.05, 0) is 57.8 Å². The van der Waals surface area contributed by atoms with Crippen LogP contribution < -0.4 is 0 Å². The molecule has 13 nitrogen and oxygen atoms in total. The number of unbranched alkanes of at least 4 members (excludes halogenated alkanes) is 16. The lowest BCUT2D eigenvalue weighted by Crippen LogP contribution is -2.64. The smallest absolute Gasteiger partial charge is 0.462 e. The van der Waals surface area contributed by atoms with E-state index in [-0.39, 0.29) is 12.8 Å². The summed E-state index contributed by atoms with van der Waals surface area (Å²) in [5.74, 6) is -1.13. The van der Waals surface area contributed by atoms with Crippen molar-refractivity contribution in [1.29, 1.82) is 0 Å². The van der Waals surface area contributed by atoms with Gasteiger partial charge in [-0.2, -0.15) is 0 Å². The third-order valence-corrected chi connectivity index (χ3v) is 10.3. The maximum absolute atomic E-state index is 12.7. The number of phosphoric acid groups is 1. The van der Waals surface area contributed by atoms with Crippen LogP contribution in [0.1, 0.15) is 155 Å². The van der Waals surface area contributed by atoms with Crippen LogP contribution in [-0.4, -0.2) is 98.3 Å². The van der Waals surface area contributed by atoms with E-state index < -0.39 is 75.7 Å². The van der Waals surface area contributed by atoms with Gasteiger partial charge in [-0.25, -0.2) is 4.57 Å². The molecule has 310 valence electrons. The Morgan fingerprint density at radius 2 is 0.981 bits per heavy atom. The van der Waals surface area contributed by atoms with Crippen molar-refractivity contribution in [1.82, 2.24) is 0 Å². The van der Waals surface area contributed by atoms with Gasteiger partial charge in [-0.15, -0.1) is 0 Å². The van der Waals surface area contributed by atoms with Crippen LogP contribution in [0.4, 0.5) is 0 Å². The Kier molecular flexibility index (Phi) is 28.4. The van der Waals surface area contributed by atoms with Crippen molar-refractivity contribution < 1.29 is 63.1 Å². The lowest BCUT2D eigenvalue weighted by Gasteiger charge is -2.41. The molecule has 1 aliphatic rings. The van der Waals surface area contributed by atoms with Crippen LogP contribution in [0.5, 0.6) is 0 Å². The highest BCUT2D eigenvalue weighted by molar-refractivity contribution is 7.47. The summed E-state index contributed by atoms with van der Waals surface area (Å²) in [4.78, 5) is 35.4. The first-order valence-corrected chi connectivity index (χ1v) is 21.6. The van der Waals surface area contributed by atoms with E-state index in [1.54, 1.807) is 0 Å². The number of rotatable bonds is 32. The molecule has 0 amide bonds. The molecule has 0 bridgehead atoms. The normalized spacial score (nSPS) is 23.7. The molecular weight excluding hydrogens is 707 g/mol. The van der Waals surface area contributed by atoms with Gasteiger partial charge in [0.2, 0.25) is 0 Å². The summed E-state index contributed by atoms with van der Waals surface area (Å²) in [6.07, 6.45) is 16.9. The van der Waals surface area contributed by atoms with E-state index in [1.165, 1.54) is 51.4 Å². The molecule has 0 radical (unpaired) electrons. The molecule has 0 aromatic carbocycles. The Bertz CT molecular complexity index is 1040. The maximum Gasteiger partial charge on any atom is 0.472 e. The highest BCUT2D eigenvalue weighted by Gasteiger charge is 2.51. The zero-order chi connectivity index (χ0) is 39.3. The standard InChI is InChI=1S/C39H71O13P/c1-3-5-7-9-11-13-15-16-18-19-21-23-25-27-32(40)49-29-31(51-33(41)28-26-24-22-20-17-14-12-10-8-6-4-2)30-50-53(47,48)52-39-37(45)35(43)34(42)36(44)38(39)46/h10,12,16,18,31,34-39,42-46H,3-9,11,13-15,17,19-30H2,1-2H3,(H,47,48)/b12-10+,18-16+/t31-,34?,35-,36?,37?,38?,39?/m1/s1. The second kappa shape index (κ2) is 30.5. The number of phosphoric ester groups is 1. The van der Waals surface area contributed by atoms with E-state index in [0.717, 1.165) is 64.2 Å². The molecule has 6 N–H and O–H groups in total. The van der Waals surface area contributed by atoms with Crippen LogP contribution in [0.15, 0.2) is 24.3 Å². The fourth-order valence-electron chi connectivity index (χ4n) is 5.91. The quantitative estimate of drug-likeness (QED) is 0.0187. The fraction of sp³-hybridized carbons (Fsp3) is 0.846. The second-order valence-corrected chi connectivity index (χ2v) is 15.5. The third-order valence-electron chi connectivity index (χ3n) is 9.27. The van der Waals surface area contributed by atoms with Gasteiger partial charge in [0.05, 0.1) is 6.61 Å². The van der Waals surface area contributed by atoms with Gasteiger partial charge < -0.3 is 39.9 Å². The van der Waals surface area contributed by atoms with Crippen molar-refractivity contribution in [2.45, 2.75) is 198 Å². The van der Waals surface area contributed by atoms with Gasteiger partial charge in [0.15, 0.2) is 6.10 Å². The number of carbonyl (C=O) groups is 2. The van der Waals surface area contributed by atoms with E-state index in [2.05, 4.69) is 38.2 Å². The molecule has 0 spiro atoms. The van der Waals surface area contributed by atoms with E-state index in [1.807, 2.05) is 0 Å². The molecule has 1 rings (SSSR count). The third kappa shape index (κ3) is 23.8. The molecule has 1 fully saturated rings. The SMILES string of the molecule is CCCC/C=C/CCCCCCCC(=O)O[C@H](COC(=O)CCCCC/C=C/CCCCCCCC)COP(=O)(O)OC1C(O)C(O)C(O)[C@@H](O)C1O. The van der Waals surface area contributed by atoms with Crippen molar-refractivity contribution in [3.05, 3.63) is 24.3 Å². The summed E-state index contributed by atoms with van der Waals surface area (Å²) < 4.78 is 33.3. The monoisotopic (exact) mass is 778 g/mol. The van der Waals surface area contributed by atoms with Crippen LogP contribution >= 0.6 is 7.82 Å². The minimum Gasteiger partial charge on any atom is -0.462 e. The molecule has 1 aliphatic carbocycles. The average Bonchev–Trinajstić information content (AvgIpc) is 3.13. The Hall–Kier alpha value is -1.67. The van der Waals surface area contributed by atoms with E-state index in [0.29, 0.717) is 12.8 Å². The number of carbonyl (C=O) groups excluding carboxylic acids is 2. The number of allylic oxidation sites excluding steroid dienone is 4. The molecule has 14 heteroatoms. The lowest BCUT2D eigenvalue weighted by molar-refractivity contribution is -0.220. The van der Waals surface area contributed by atoms with Crippen LogP contribution in [0.25, 0.3) is 0 Å². The highest BCUT2D eigenvalue weighted by Crippen LogP contribution is 2.47. The second-order valence-electron chi connectivity index (χ2n) is 14.1. The molecule has 8 atom stereocenters. The fourth-order valence-corrected chi connectivity index (χ4v) is 6.88. The number of aliphatic hydroxyl groups excluding tert-OH is 5. The predicted molar refractivity (Wildman–Crippen MR) is 203 cm³/mol. The molecule has 6 unspecified atom stereocenters. The molecule has 0 saturated heterocycles. The van der Waals surface area contributed by atoms with Gasteiger partial charge in [-0.1, -0.05) is 109 Å². The van der Waals surface area contributed by atoms with E-state index >= 15 is 0 Å². The summed E-state index contributed by atoms with van der Waals surface area (Å²) in [6.45, 7) is 3.19. The zero-order valence-corrected chi connectivity index (χ0v) is 33.2. The zero-order valence-electron chi connectivity index (χ0n) is 32.3. The molecule has 1 saturated carbocycles. The Labute approximate surface area is 317 Å². The predicted octanol–water partition coefficient (Wildman–Crippen LogP) is 6.50. The minimum atomic E-state index is -5.11. The van der Waals surface area contributed by atoms with Crippen LogP contribution in [0.2, 0.25) is 0 Å². The average molecular weight is 779 g/mol. The van der Waals surface area contributed by atoms with Gasteiger partial charge in [0.25, 0.3) is 0 Å². The number of aliphatic hydroxyl groups is 5. The van der Waals surface area contributed by atoms with Gasteiger partial charge in [-0.3, -0.25) is 18.6 Å². The van der Waals surface area contributed by atoms with Crippen molar-refractivity contribution in [2.24, 2.45) is 0 Å². The maximum atomic E-state index is 12.7. The van der Waals surface area contributed by atoms with Gasteiger partial charge >= 0.3 is 19.8 Å². The molecular formula is C39H71O13P. The Morgan fingerprint density at radius 1 is 0.566 bits per heavy atom. The molecule has 0 aromatic rings. The number of esters is 2. The molecule has 0 aliphatic heterocycles. The summed E-state index contributed by atoms with van der Waals surface area (Å²) in [5, 5.41) is 49.9. The van der Waals surface area contributed by atoms with Crippen molar-refractivity contribution >= 4 is 19.8 Å². The Morgan fingerprint density at radius 3 is 1.51 bits per heavy atom. The summed E-state index contributed by atoms with van der Waals surface area (Å²) in [6, 6.07) is 0. The van der Waals surface area contributed by atoms with E-state index in [9.17, 15) is 44.6 Å². The molecule has 0 aromatic heterocycles. The van der Waals surface area contributed by atoms with Crippen LogP contribution in [0.3, 0.4) is 0 Å². The molecule has 53 heavy (non-hydrogen) atoms. The van der Waals surface area contributed by atoms with Crippen molar-refractivity contribution in [2.75, 3.05) is 13.2 Å². The summed E-state index contributed by atoms with van der Waals surface area (Å²) >= 11 is 0. The summed E-state index contributed by atoms with van der Waals surface area (Å²) in [7, 11) is -5.11. The van der Waals surface area contributed by atoms with Gasteiger partial charge in [0, 0.05) is 12.8 Å². The van der Waals surface area contributed by atoms with Crippen molar-refractivity contribution in [3.8, 4) is 0 Å². The highest BCUT2D eigenvalue weighted by atomic mass is 31.2. The molecule has 0 heterocycles. The Balaban J connectivity index is 2.54. The number of hydrogen-bond acceptors (Lipinski definition) is 12. The lowest BCUT2D eigenvalue weighted by atomic mass is 9.85. The number of ether oxygens (including phenoxy) is 2. The van der Waals surface area contributed by atoms with Crippen molar-refractivity contribution in [3.63, 3.8) is 0 Å². The largest absolute Gasteiger partial charge is 0.472 e. The van der Waals surface area contributed by atoms with Crippen LogP contribution in [0, 0.1) is 0 Å². The number of hydrogen-bond donors (Lipinski definition) is 6. The van der Waals surface area contributed by atoms with Crippen LogP contribution in [-0.2, 0) is 32.7 Å². The minimum absolute atomic E-state index is 0.0839. The topological polar surface area (TPSA) is 210 Å². The summed E-state index contributed by atoms with van der Waals surface area (Å²) in [5.41, 5.74) is 0. The first kappa shape index (κ1) is 49.3. The first-order chi connectivity index (χ1) is 25.4. The van der Waals surface area contributed by atoms with Gasteiger partial charge in [0.1, 0.15) is 43.2 Å². The van der Waals surface area contributed by atoms with E-state index in [4.69, 9.17) is 18.5 Å².